The summed E-state index contributed by atoms with van der Waals surface area (Å²) < 4.78 is 0. The molecule has 0 aliphatic carbocycles. The van der Waals surface area contributed by atoms with Crippen LogP contribution in [0.5, 0.6) is 0 Å². The number of benzene rings is 2. The molecule has 0 saturated carbocycles. The fourth-order valence-electron chi connectivity index (χ4n) is 2.93. The molecule has 1 aliphatic rings. The van der Waals surface area contributed by atoms with Crippen LogP contribution < -0.4 is 0 Å². The highest BCUT2D eigenvalue weighted by Crippen LogP contribution is 2.35. The molecular weight excluding hydrogens is 289 g/mol. The molecule has 2 aromatic carbocycles. The van der Waals surface area contributed by atoms with Crippen LogP contribution in [-0.2, 0) is 6.42 Å². The van der Waals surface area contributed by atoms with Gasteiger partial charge in [0.15, 0.2) is 0 Å². The van der Waals surface area contributed by atoms with Gasteiger partial charge in [0.25, 0.3) is 0 Å². The second-order valence-corrected chi connectivity index (χ2v) is 6.26. The molecule has 2 aromatic rings. The highest BCUT2D eigenvalue weighted by atomic mass is 35.5. The highest BCUT2D eigenvalue weighted by Gasteiger charge is 2.23. The zero-order valence-electron chi connectivity index (χ0n) is 11.4. The van der Waals surface area contributed by atoms with Crippen LogP contribution in [0.15, 0.2) is 42.5 Å². The van der Waals surface area contributed by atoms with E-state index in [-0.39, 0.29) is 0 Å². The van der Waals surface area contributed by atoms with Gasteiger partial charge >= 0.3 is 0 Å². The van der Waals surface area contributed by atoms with E-state index in [4.69, 9.17) is 23.2 Å². The third-order valence-electron chi connectivity index (χ3n) is 4.02. The lowest BCUT2D eigenvalue weighted by atomic mass is 9.88. The summed E-state index contributed by atoms with van der Waals surface area (Å²) in [6.45, 7) is 2.06. The maximum absolute atomic E-state index is 6.24. The average molecular weight is 306 g/mol. The van der Waals surface area contributed by atoms with Crippen LogP contribution in [0.4, 0.5) is 0 Å². The average Bonchev–Trinajstić information content (AvgIpc) is 2.61. The van der Waals surface area contributed by atoms with Crippen LogP contribution in [-0.4, -0.2) is 25.0 Å². The van der Waals surface area contributed by atoms with Crippen molar-refractivity contribution in [2.75, 3.05) is 20.1 Å². The van der Waals surface area contributed by atoms with E-state index < -0.39 is 0 Å². The number of hydrogen-bond acceptors (Lipinski definition) is 1. The Balaban J connectivity index is 2.12. The largest absolute Gasteiger partial charge is 0.305 e. The molecule has 0 amide bonds. The van der Waals surface area contributed by atoms with Gasteiger partial charge < -0.3 is 4.90 Å². The monoisotopic (exact) mass is 305 g/mol. The van der Waals surface area contributed by atoms with Crippen LogP contribution in [0.1, 0.15) is 22.6 Å². The number of likely N-dealkylation sites (N-methyl/N-ethyl adjacent to an activating group) is 1. The Kier molecular flexibility index (Phi) is 4.02. The third-order valence-corrected chi connectivity index (χ3v) is 4.74. The van der Waals surface area contributed by atoms with Gasteiger partial charge in [-0.25, -0.2) is 0 Å². The molecule has 0 radical (unpaired) electrons. The Labute approximate surface area is 130 Å². The Morgan fingerprint density at radius 1 is 1.05 bits per heavy atom. The van der Waals surface area contributed by atoms with E-state index in [1.165, 1.54) is 16.7 Å². The van der Waals surface area contributed by atoms with Gasteiger partial charge in [0.05, 0.1) is 10.0 Å². The molecule has 0 aromatic heterocycles. The third kappa shape index (κ3) is 2.71. The van der Waals surface area contributed by atoms with Gasteiger partial charge in [-0.3, -0.25) is 0 Å². The summed E-state index contributed by atoms with van der Waals surface area (Å²) in [6.07, 6.45) is 1.02. The molecule has 0 N–H and O–H groups in total. The zero-order chi connectivity index (χ0) is 14.1. The Hall–Kier alpha value is -1.02. The first-order valence-electron chi connectivity index (χ1n) is 6.86. The predicted molar refractivity (Wildman–Crippen MR) is 85.9 cm³/mol. The fourth-order valence-corrected chi connectivity index (χ4v) is 3.29. The fraction of sp³-hybridized carbons (Fsp3) is 0.294. The molecular formula is C17H17Cl2N. The van der Waals surface area contributed by atoms with E-state index >= 15 is 0 Å². The molecule has 1 heterocycles. The lowest BCUT2D eigenvalue weighted by Gasteiger charge is -2.22. The van der Waals surface area contributed by atoms with Crippen molar-refractivity contribution in [1.29, 1.82) is 0 Å². The Morgan fingerprint density at radius 2 is 1.75 bits per heavy atom. The summed E-state index contributed by atoms with van der Waals surface area (Å²) >= 11 is 12.4. The van der Waals surface area contributed by atoms with Crippen molar-refractivity contribution in [3.8, 4) is 0 Å². The molecule has 1 nitrogen and oxygen atoms in total. The van der Waals surface area contributed by atoms with Crippen molar-refractivity contribution in [3.63, 3.8) is 0 Å². The van der Waals surface area contributed by atoms with Gasteiger partial charge in [-0.1, -0.05) is 53.5 Å². The van der Waals surface area contributed by atoms with E-state index in [1.54, 1.807) is 0 Å². The van der Waals surface area contributed by atoms with Gasteiger partial charge in [-0.2, -0.15) is 0 Å². The number of nitrogens with zero attached hydrogens (tertiary/aromatic N) is 1. The summed E-state index contributed by atoms with van der Waals surface area (Å²) in [6, 6.07) is 14.7. The quantitative estimate of drug-likeness (QED) is 0.743. The van der Waals surface area contributed by atoms with E-state index in [2.05, 4.69) is 48.3 Å². The minimum absolute atomic E-state index is 0.355. The molecule has 0 fully saturated rings. The Bertz CT molecular complexity index is 610. The molecule has 0 spiro atoms. The highest BCUT2D eigenvalue weighted by molar-refractivity contribution is 6.42. The lowest BCUT2D eigenvalue weighted by Crippen LogP contribution is -2.24. The van der Waals surface area contributed by atoms with E-state index in [9.17, 15) is 0 Å². The van der Waals surface area contributed by atoms with E-state index in [0.717, 1.165) is 19.5 Å². The molecule has 3 heteroatoms. The van der Waals surface area contributed by atoms with Crippen molar-refractivity contribution in [2.45, 2.75) is 12.3 Å². The van der Waals surface area contributed by atoms with Crippen molar-refractivity contribution >= 4 is 23.2 Å². The van der Waals surface area contributed by atoms with E-state index in [0.29, 0.717) is 16.0 Å². The molecule has 0 bridgehead atoms. The molecule has 1 aliphatic heterocycles. The van der Waals surface area contributed by atoms with Crippen LogP contribution in [0, 0.1) is 0 Å². The number of halogens is 2. The van der Waals surface area contributed by atoms with Crippen molar-refractivity contribution in [1.82, 2.24) is 4.90 Å². The zero-order valence-corrected chi connectivity index (χ0v) is 13.0. The number of rotatable bonds is 1. The van der Waals surface area contributed by atoms with Crippen molar-refractivity contribution < 1.29 is 0 Å². The topological polar surface area (TPSA) is 3.24 Å². The Morgan fingerprint density at radius 3 is 2.50 bits per heavy atom. The van der Waals surface area contributed by atoms with Crippen LogP contribution in [0.3, 0.4) is 0 Å². The van der Waals surface area contributed by atoms with Gasteiger partial charge in [0.2, 0.25) is 0 Å². The number of hydrogen-bond donors (Lipinski definition) is 0. The summed E-state index contributed by atoms with van der Waals surface area (Å²) in [4.78, 5) is 2.37. The van der Waals surface area contributed by atoms with Crippen LogP contribution >= 0.6 is 23.2 Å². The second kappa shape index (κ2) is 5.77. The predicted octanol–water partition coefficient (Wildman–Crippen LogP) is 4.61. The molecule has 20 heavy (non-hydrogen) atoms. The van der Waals surface area contributed by atoms with Crippen LogP contribution in [0.2, 0.25) is 10.0 Å². The summed E-state index contributed by atoms with van der Waals surface area (Å²) in [5.74, 6) is 0.355. The first kappa shape index (κ1) is 13.9. The maximum Gasteiger partial charge on any atom is 0.0595 e. The minimum atomic E-state index is 0.355. The minimum Gasteiger partial charge on any atom is -0.305 e. The van der Waals surface area contributed by atoms with Gasteiger partial charge in [-0.15, -0.1) is 0 Å². The lowest BCUT2D eigenvalue weighted by molar-refractivity contribution is 0.338. The normalized spacial score (nSPS) is 19.4. The standard InChI is InChI=1S/C17H17Cl2N/c1-20-8-7-13-9-16(18)17(19)10-14(13)15(11-20)12-5-3-2-4-6-12/h2-6,9-10,15H,7-8,11H2,1H3. The molecule has 1 unspecified atom stereocenters. The van der Waals surface area contributed by atoms with E-state index in [1.807, 2.05) is 6.07 Å². The van der Waals surface area contributed by atoms with Gasteiger partial charge in [0.1, 0.15) is 0 Å². The second-order valence-electron chi connectivity index (χ2n) is 5.44. The van der Waals surface area contributed by atoms with Crippen molar-refractivity contribution in [3.05, 3.63) is 69.2 Å². The first-order chi connectivity index (χ1) is 9.65. The summed E-state index contributed by atoms with van der Waals surface area (Å²) in [5, 5.41) is 1.30. The number of fused-ring (bicyclic) bond motifs is 1. The van der Waals surface area contributed by atoms with Gasteiger partial charge in [-0.05, 0) is 42.3 Å². The smallest absolute Gasteiger partial charge is 0.0595 e. The maximum atomic E-state index is 6.24. The summed E-state index contributed by atoms with van der Waals surface area (Å²) in [5.41, 5.74) is 3.97. The SMILES string of the molecule is CN1CCc2cc(Cl)c(Cl)cc2C(c2ccccc2)C1. The molecule has 3 rings (SSSR count). The first-order valence-corrected chi connectivity index (χ1v) is 7.62. The van der Waals surface area contributed by atoms with Crippen LogP contribution in [0.25, 0.3) is 0 Å². The molecule has 0 saturated heterocycles. The summed E-state index contributed by atoms with van der Waals surface area (Å²) in [7, 11) is 2.17. The van der Waals surface area contributed by atoms with Crippen molar-refractivity contribution in [2.24, 2.45) is 0 Å². The molecule has 1 atom stereocenters. The molecule has 104 valence electrons. The van der Waals surface area contributed by atoms with Gasteiger partial charge in [0, 0.05) is 19.0 Å².